The number of aliphatic imine (C=N–C) groups is 2. The molecule has 0 amide bonds. The third-order valence-electron chi connectivity index (χ3n) is 1.14. The number of hydrogen-bond acceptors (Lipinski definition) is 3. The van der Waals surface area contributed by atoms with E-state index in [1.54, 1.807) is 0 Å². The molecule has 0 aromatic carbocycles. The first kappa shape index (κ1) is 10.8. The second-order valence-electron chi connectivity index (χ2n) is 2.22. The third kappa shape index (κ3) is 2.36. The molecular formula is C5H2F6N2O. The van der Waals surface area contributed by atoms with E-state index in [0.29, 0.717) is 0 Å². The van der Waals surface area contributed by atoms with Crippen molar-refractivity contribution in [3.8, 4) is 0 Å². The molecule has 1 rings (SSSR count). The van der Waals surface area contributed by atoms with Crippen LogP contribution < -0.4 is 0 Å². The molecule has 0 saturated carbocycles. The van der Waals surface area contributed by atoms with Crippen LogP contribution in [0.25, 0.3) is 0 Å². The van der Waals surface area contributed by atoms with Gasteiger partial charge >= 0.3 is 18.3 Å². The van der Waals surface area contributed by atoms with Crippen LogP contribution in [0.1, 0.15) is 0 Å². The van der Waals surface area contributed by atoms with Crippen LogP contribution in [0.3, 0.4) is 0 Å². The lowest BCUT2D eigenvalue weighted by Crippen LogP contribution is -2.35. The van der Waals surface area contributed by atoms with Crippen LogP contribution in [-0.4, -0.2) is 30.8 Å². The molecule has 0 aromatic heterocycles. The highest BCUT2D eigenvalue weighted by atomic mass is 19.4. The average molecular weight is 220 g/mol. The Kier molecular flexibility index (Phi) is 2.42. The van der Waals surface area contributed by atoms with E-state index < -0.39 is 24.4 Å². The van der Waals surface area contributed by atoms with Gasteiger partial charge in [0.1, 0.15) is 0 Å². The van der Waals surface area contributed by atoms with Gasteiger partial charge < -0.3 is 4.74 Å². The van der Waals surface area contributed by atoms with Crippen molar-refractivity contribution in [2.24, 2.45) is 9.98 Å². The summed E-state index contributed by atoms with van der Waals surface area (Å²) < 4.78 is 74.7. The highest BCUT2D eigenvalue weighted by Crippen LogP contribution is 2.28. The molecule has 0 fully saturated rings. The second kappa shape index (κ2) is 3.14. The van der Waals surface area contributed by atoms with E-state index in [4.69, 9.17) is 0 Å². The standard InChI is InChI=1S/C5H2F6N2O/c6-4(7,8)2-12-1-14-3(13-2)5(9,10)11/h1-2H. The summed E-state index contributed by atoms with van der Waals surface area (Å²) in [6, 6.07) is 0. The number of halogens is 6. The minimum atomic E-state index is -5.05. The predicted molar refractivity (Wildman–Crippen MR) is 32.9 cm³/mol. The Labute approximate surface area is 73.1 Å². The molecule has 1 aliphatic heterocycles. The van der Waals surface area contributed by atoms with Gasteiger partial charge in [0.2, 0.25) is 6.17 Å². The maximum atomic E-state index is 11.9. The molecule has 1 heterocycles. The molecule has 14 heavy (non-hydrogen) atoms. The predicted octanol–water partition coefficient (Wildman–Crippen LogP) is 1.89. The fraction of sp³-hybridized carbons (Fsp3) is 0.600. The SMILES string of the molecule is FC(F)(F)C1=NC(C(F)(F)F)N=CO1. The first-order valence-corrected chi connectivity index (χ1v) is 3.11. The van der Waals surface area contributed by atoms with E-state index in [0.717, 1.165) is 0 Å². The lowest BCUT2D eigenvalue weighted by atomic mass is 10.5. The number of alkyl halides is 6. The molecule has 1 atom stereocenters. The van der Waals surface area contributed by atoms with E-state index in [1.807, 2.05) is 0 Å². The number of ether oxygens (including phenoxy) is 1. The highest BCUT2D eigenvalue weighted by molar-refractivity contribution is 5.88. The molecule has 0 saturated heterocycles. The Morgan fingerprint density at radius 1 is 1.14 bits per heavy atom. The fourth-order valence-electron chi connectivity index (χ4n) is 0.611. The van der Waals surface area contributed by atoms with E-state index >= 15 is 0 Å². The van der Waals surface area contributed by atoms with Crippen LogP contribution in [0.15, 0.2) is 9.98 Å². The van der Waals surface area contributed by atoms with Crippen LogP contribution >= 0.6 is 0 Å². The zero-order chi connectivity index (χ0) is 11.0. The van der Waals surface area contributed by atoms with Crippen molar-refractivity contribution in [1.29, 1.82) is 0 Å². The molecule has 1 aliphatic rings. The molecule has 0 N–H and O–H groups in total. The van der Waals surface area contributed by atoms with Gasteiger partial charge in [-0.1, -0.05) is 0 Å². The van der Waals surface area contributed by atoms with Gasteiger partial charge in [-0.05, 0) is 0 Å². The van der Waals surface area contributed by atoms with Crippen molar-refractivity contribution in [3.05, 3.63) is 0 Å². The maximum absolute atomic E-state index is 11.9. The Morgan fingerprint density at radius 2 is 1.71 bits per heavy atom. The summed E-state index contributed by atoms with van der Waals surface area (Å²) in [7, 11) is 0. The molecule has 0 aliphatic carbocycles. The summed E-state index contributed by atoms with van der Waals surface area (Å²) in [5.74, 6) is -1.95. The first-order chi connectivity index (χ1) is 6.21. The topological polar surface area (TPSA) is 34.0 Å². The van der Waals surface area contributed by atoms with Gasteiger partial charge in [-0.15, -0.1) is 0 Å². The summed E-state index contributed by atoms with van der Waals surface area (Å²) in [5, 5.41) is 0. The van der Waals surface area contributed by atoms with Crippen molar-refractivity contribution in [3.63, 3.8) is 0 Å². The Hall–Kier alpha value is -1.28. The Morgan fingerprint density at radius 3 is 2.14 bits per heavy atom. The van der Waals surface area contributed by atoms with Crippen molar-refractivity contribution >= 4 is 12.3 Å². The van der Waals surface area contributed by atoms with E-state index in [-0.39, 0.29) is 6.40 Å². The largest absolute Gasteiger partial charge is 0.468 e. The molecule has 0 aromatic rings. The van der Waals surface area contributed by atoms with Crippen LogP contribution in [0, 0.1) is 0 Å². The van der Waals surface area contributed by atoms with E-state index in [1.165, 1.54) is 0 Å². The molecule has 80 valence electrons. The first-order valence-electron chi connectivity index (χ1n) is 3.11. The smallest absolute Gasteiger partial charge is 0.424 e. The lowest BCUT2D eigenvalue weighted by Gasteiger charge is -2.18. The molecular weight excluding hydrogens is 218 g/mol. The van der Waals surface area contributed by atoms with Crippen LogP contribution in [-0.2, 0) is 4.74 Å². The van der Waals surface area contributed by atoms with Crippen LogP contribution in [0.2, 0.25) is 0 Å². The number of rotatable bonds is 0. The van der Waals surface area contributed by atoms with Crippen molar-refractivity contribution in [1.82, 2.24) is 0 Å². The fourth-order valence-corrected chi connectivity index (χ4v) is 0.611. The van der Waals surface area contributed by atoms with Crippen LogP contribution in [0.4, 0.5) is 26.3 Å². The van der Waals surface area contributed by atoms with Gasteiger partial charge in [-0.25, -0.2) is 9.98 Å². The monoisotopic (exact) mass is 220 g/mol. The van der Waals surface area contributed by atoms with Crippen LogP contribution in [0.5, 0.6) is 0 Å². The van der Waals surface area contributed by atoms with Gasteiger partial charge in [-0.3, -0.25) is 0 Å². The summed E-state index contributed by atoms with van der Waals surface area (Å²) >= 11 is 0. The quantitative estimate of drug-likeness (QED) is 0.574. The van der Waals surface area contributed by atoms with Gasteiger partial charge in [0, 0.05) is 0 Å². The van der Waals surface area contributed by atoms with Crippen molar-refractivity contribution in [2.75, 3.05) is 0 Å². The summed E-state index contributed by atoms with van der Waals surface area (Å²) in [6.07, 6.45) is -12.7. The maximum Gasteiger partial charge on any atom is 0.468 e. The van der Waals surface area contributed by atoms with E-state index in [9.17, 15) is 26.3 Å². The summed E-state index contributed by atoms with van der Waals surface area (Å²) in [6.45, 7) is 0. The minimum absolute atomic E-state index is 0.0774. The third-order valence-corrected chi connectivity index (χ3v) is 1.14. The van der Waals surface area contributed by atoms with Gasteiger partial charge in [0.15, 0.2) is 6.40 Å². The van der Waals surface area contributed by atoms with Gasteiger partial charge in [-0.2, -0.15) is 26.3 Å². The lowest BCUT2D eigenvalue weighted by molar-refractivity contribution is -0.147. The van der Waals surface area contributed by atoms with Gasteiger partial charge in [0.25, 0.3) is 0 Å². The summed E-state index contributed by atoms with van der Waals surface area (Å²) in [4.78, 5) is 4.88. The second-order valence-corrected chi connectivity index (χ2v) is 2.22. The van der Waals surface area contributed by atoms with Crippen molar-refractivity contribution < 1.29 is 31.1 Å². The highest BCUT2D eigenvalue weighted by Gasteiger charge is 2.46. The zero-order valence-corrected chi connectivity index (χ0v) is 6.23. The molecule has 0 spiro atoms. The van der Waals surface area contributed by atoms with E-state index in [2.05, 4.69) is 14.7 Å². The van der Waals surface area contributed by atoms with Gasteiger partial charge in [0.05, 0.1) is 0 Å². The molecule has 3 nitrogen and oxygen atoms in total. The molecule has 0 radical (unpaired) electrons. The molecule has 0 bridgehead atoms. The molecule has 1 unspecified atom stereocenters. The summed E-state index contributed by atoms with van der Waals surface area (Å²) in [5.41, 5.74) is 0. The minimum Gasteiger partial charge on any atom is -0.424 e. The molecule has 9 heteroatoms. The average Bonchev–Trinajstić information content (AvgIpc) is 2.01. The zero-order valence-electron chi connectivity index (χ0n) is 6.23. The van der Waals surface area contributed by atoms with Crippen molar-refractivity contribution in [2.45, 2.75) is 18.5 Å². The number of hydrogen-bond donors (Lipinski definition) is 0. The normalized spacial score (nSPS) is 23.0. The Bertz CT molecular complexity index is 277. The Balaban J connectivity index is 2.89. The number of nitrogens with zero attached hydrogens (tertiary/aromatic N) is 2.